The molecule has 0 radical (unpaired) electrons. The van der Waals surface area contributed by atoms with Crippen molar-refractivity contribution in [3.63, 3.8) is 0 Å². The van der Waals surface area contributed by atoms with Crippen LogP contribution < -0.4 is 5.32 Å². The minimum Gasteiger partial charge on any atom is -0.341 e. The van der Waals surface area contributed by atoms with Gasteiger partial charge in [0.15, 0.2) is 11.5 Å². The lowest BCUT2D eigenvalue weighted by molar-refractivity contribution is 0.0924. The summed E-state index contributed by atoms with van der Waals surface area (Å²) in [5.41, 5.74) is 3.23. The van der Waals surface area contributed by atoms with Gasteiger partial charge in [0, 0.05) is 17.5 Å². The number of rotatable bonds is 4. The zero-order valence-electron chi connectivity index (χ0n) is 16.4. The smallest absolute Gasteiger partial charge is 0.272 e. The second-order valence-electron chi connectivity index (χ2n) is 8.76. The fourth-order valence-electron chi connectivity index (χ4n) is 5.38. The molecule has 2 atom stereocenters. The minimum absolute atomic E-state index is 0.198. The second kappa shape index (κ2) is 6.24. The SMILES string of the molecule is O=C(NC1(c2ccccc2)CC1)c1nn(-c2ccc(F)cc2F)c2c1[C@H]1CC[C@H]2C1. The molecule has 6 heteroatoms. The zero-order chi connectivity index (χ0) is 20.5. The van der Waals surface area contributed by atoms with E-state index in [-0.39, 0.29) is 29.0 Å². The standard InChI is InChI=1S/C24H21F2N3O/c25-17-8-9-19(18(26)13-17)29-22-15-7-6-14(12-15)20(22)21(28-29)23(30)27-24(10-11-24)16-4-2-1-3-5-16/h1-5,8-9,13-15H,6-7,10-12H2,(H,27,30)/t14-,15-/m0/s1. The Balaban J connectivity index is 1.42. The Labute approximate surface area is 172 Å². The topological polar surface area (TPSA) is 46.9 Å². The van der Waals surface area contributed by atoms with E-state index in [2.05, 4.69) is 10.4 Å². The van der Waals surface area contributed by atoms with Gasteiger partial charge >= 0.3 is 0 Å². The molecule has 1 aromatic heterocycles. The third-order valence-corrected chi connectivity index (χ3v) is 6.97. The number of fused-ring (bicyclic) bond motifs is 5. The number of aromatic nitrogens is 2. The van der Waals surface area contributed by atoms with Gasteiger partial charge in [-0.3, -0.25) is 4.79 Å². The molecule has 6 rings (SSSR count). The first-order chi connectivity index (χ1) is 14.6. The molecule has 2 bridgehead atoms. The Morgan fingerprint density at radius 2 is 1.83 bits per heavy atom. The lowest BCUT2D eigenvalue weighted by Crippen LogP contribution is -2.35. The molecular formula is C24H21F2N3O. The summed E-state index contributed by atoms with van der Waals surface area (Å²) in [6.45, 7) is 0. The zero-order valence-corrected chi connectivity index (χ0v) is 16.4. The number of amides is 1. The van der Waals surface area contributed by atoms with E-state index in [0.29, 0.717) is 5.69 Å². The number of hydrogen-bond acceptors (Lipinski definition) is 2. The van der Waals surface area contributed by atoms with Crippen molar-refractivity contribution in [3.05, 3.63) is 82.7 Å². The van der Waals surface area contributed by atoms with Crippen LogP contribution in [-0.4, -0.2) is 15.7 Å². The summed E-state index contributed by atoms with van der Waals surface area (Å²) < 4.78 is 29.5. The molecule has 1 heterocycles. The number of carbonyl (C=O) groups excluding carboxylic acids is 1. The van der Waals surface area contributed by atoms with Crippen LogP contribution in [0.25, 0.3) is 5.69 Å². The molecule has 2 saturated carbocycles. The monoisotopic (exact) mass is 405 g/mol. The van der Waals surface area contributed by atoms with E-state index < -0.39 is 11.6 Å². The molecule has 3 aliphatic rings. The molecule has 0 saturated heterocycles. The Morgan fingerprint density at radius 1 is 1.07 bits per heavy atom. The first kappa shape index (κ1) is 17.8. The molecule has 152 valence electrons. The Kier molecular flexibility index (Phi) is 3.70. The number of hydrogen-bond donors (Lipinski definition) is 1. The molecule has 2 aromatic carbocycles. The third-order valence-electron chi connectivity index (χ3n) is 6.97. The highest BCUT2D eigenvalue weighted by Crippen LogP contribution is 2.55. The molecule has 3 aliphatic carbocycles. The maximum atomic E-state index is 14.6. The van der Waals surface area contributed by atoms with Crippen molar-refractivity contribution < 1.29 is 13.6 Å². The van der Waals surface area contributed by atoms with Gasteiger partial charge in [-0.1, -0.05) is 30.3 Å². The average Bonchev–Trinajstić information content (AvgIpc) is 3.09. The average molecular weight is 405 g/mol. The van der Waals surface area contributed by atoms with E-state index in [1.165, 1.54) is 12.1 Å². The van der Waals surface area contributed by atoms with Crippen LogP contribution in [0.4, 0.5) is 8.78 Å². The predicted molar refractivity (Wildman–Crippen MR) is 108 cm³/mol. The quantitative estimate of drug-likeness (QED) is 0.669. The van der Waals surface area contributed by atoms with Crippen molar-refractivity contribution in [1.82, 2.24) is 15.1 Å². The summed E-state index contributed by atoms with van der Waals surface area (Å²) in [5.74, 6) is -0.945. The lowest BCUT2D eigenvalue weighted by Gasteiger charge is -2.18. The van der Waals surface area contributed by atoms with Crippen LogP contribution in [0.2, 0.25) is 0 Å². The van der Waals surface area contributed by atoms with Gasteiger partial charge in [0.1, 0.15) is 11.5 Å². The summed E-state index contributed by atoms with van der Waals surface area (Å²) in [6, 6.07) is 13.5. The van der Waals surface area contributed by atoms with Gasteiger partial charge in [-0.05, 0) is 55.7 Å². The van der Waals surface area contributed by atoms with E-state index in [0.717, 1.165) is 55.0 Å². The van der Waals surface area contributed by atoms with Crippen LogP contribution in [0.5, 0.6) is 0 Å². The van der Waals surface area contributed by atoms with Crippen molar-refractivity contribution in [2.24, 2.45) is 0 Å². The highest BCUT2D eigenvalue weighted by Gasteiger charge is 2.48. The molecule has 0 aliphatic heterocycles. The van der Waals surface area contributed by atoms with Gasteiger partial charge in [-0.2, -0.15) is 5.10 Å². The van der Waals surface area contributed by atoms with Crippen molar-refractivity contribution in [2.45, 2.75) is 49.5 Å². The van der Waals surface area contributed by atoms with Crippen LogP contribution in [0.15, 0.2) is 48.5 Å². The van der Waals surface area contributed by atoms with Gasteiger partial charge in [-0.15, -0.1) is 0 Å². The maximum Gasteiger partial charge on any atom is 0.272 e. The maximum absolute atomic E-state index is 14.6. The van der Waals surface area contributed by atoms with E-state index in [4.69, 9.17) is 0 Å². The van der Waals surface area contributed by atoms with E-state index in [1.807, 2.05) is 30.3 Å². The number of nitrogens with one attached hydrogen (secondary N) is 1. The minimum atomic E-state index is -0.669. The summed E-state index contributed by atoms with van der Waals surface area (Å²) in [7, 11) is 0. The molecule has 1 N–H and O–H groups in total. The molecule has 2 fully saturated rings. The number of nitrogens with zero attached hydrogens (tertiary/aromatic N) is 2. The third kappa shape index (κ3) is 2.56. The van der Waals surface area contributed by atoms with Crippen LogP contribution >= 0.6 is 0 Å². The van der Waals surface area contributed by atoms with Crippen LogP contribution in [0.3, 0.4) is 0 Å². The highest BCUT2D eigenvalue weighted by molar-refractivity contribution is 5.95. The molecule has 0 unspecified atom stereocenters. The first-order valence-electron chi connectivity index (χ1n) is 10.5. The summed E-state index contributed by atoms with van der Waals surface area (Å²) in [5, 5.41) is 7.79. The first-order valence-corrected chi connectivity index (χ1v) is 10.5. The van der Waals surface area contributed by atoms with Gasteiger partial charge < -0.3 is 5.32 Å². The Morgan fingerprint density at radius 3 is 2.57 bits per heavy atom. The van der Waals surface area contributed by atoms with Crippen molar-refractivity contribution in [2.75, 3.05) is 0 Å². The molecule has 1 amide bonds. The lowest BCUT2D eigenvalue weighted by atomic mass is 9.94. The molecule has 0 spiro atoms. The molecule has 30 heavy (non-hydrogen) atoms. The van der Waals surface area contributed by atoms with E-state index in [1.54, 1.807) is 4.68 Å². The normalized spacial score (nSPS) is 22.7. The Hall–Kier alpha value is -3.02. The van der Waals surface area contributed by atoms with Gasteiger partial charge in [0.25, 0.3) is 5.91 Å². The largest absolute Gasteiger partial charge is 0.341 e. The molecular weight excluding hydrogens is 384 g/mol. The fraction of sp³-hybridized carbons (Fsp3) is 0.333. The molecule has 3 aromatic rings. The Bertz CT molecular complexity index is 1170. The fourth-order valence-corrected chi connectivity index (χ4v) is 5.38. The number of halogens is 2. The highest BCUT2D eigenvalue weighted by atomic mass is 19.1. The summed E-state index contributed by atoms with van der Waals surface area (Å²) >= 11 is 0. The van der Waals surface area contributed by atoms with Crippen molar-refractivity contribution in [1.29, 1.82) is 0 Å². The van der Waals surface area contributed by atoms with Crippen LogP contribution in [0, 0.1) is 11.6 Å². The second-order valence-corrected chi connectivity index (χ2v) is 8.76. The van der Waals surface area contributed by atoms with Crippen LogP contribution in [0.1, 0.15) is 71.2 Å². The number of benzene rings is 2. The van der Waals surface area contributed by atoms with E-state index >= 15 is 0 Å². The van der Waals surface area contributed by atoms with Crippen molar-refractivity contribution >= 4 is 5.91 Å². The van der Waals surface area contributed by atoms with Crippen molar-refractivity contribution in [3.8, 4) is 5.69 Å². The van der Waals surface area contributed by atoms with Gasteiger partial charge in [0.05, 0.1) is 11.2 Å². The van der Waals surface area contributed by atoms with Gasteiger partial charge in [-0.25, -0.2) is 13.5 Å². The number of carbonyl (C=O) groups is 1. The van der Waals surface area contributed by atoms with Crippen LogP contribution in [-0.2, 0) is 5.54 Å². The van der Waals surface area contributed by atoms with E-state index in [9.17, 15) is 13.6 Å². The summed E-state index contributed by atoms with van der Waals surface area (Å²) in [4.78, 5) is 13.4. The van der Waals surface area contributed by atoms with Gasteiger partial charge in [0.2, 0.25) is 0 Å². The predicted octanol–water partition coefficient (Wildman–Crippen LogP) is 4.93. The molecule has 4 nitrogen and oxygen atoms in total. The summed E-state index contributed by atoms with van der Waals surface area (Å²) in [6.07, 6.45) is 4.80.